The molecule has 1 radical (unpaired) electrons. The Morgan fingerprint density at radius 2 is 1.56 bits per heavy atom. The summed E-state index contributed by atoms with van der Waals surface area (Å²) in [6.45, 7) is 2.20. The number of hydrogen-bond acceptors (Lipinski definition) is 8. The third-order valence-corrected chi connectivity index (χ3v) is 5.80. The maximum absolute atomic E-state index is 11.7. The van der Waals surface area contributed by atoms with Crippen molar-refractivity contribution in [3.63, 3.8) is 0 Å². The van der Waals surface area contributed by atoms with Crippen LogP contribution in [0.4, 0.5) is 0 Å². The van der Waals surface area contributed by atoms with E-state index in [1.54, 1.807) is 21.3 Å². The molecular formula is C22H27O8SY-. The topological polar surface area (TPSA) is 107 Å². The van der Waals surface area contributed by atoms with Gasteiger partial charge in [0.15, 0.2) is 23.0 Å². The number of phenolic OH excluding ortho intramolecular Hbond substituents is 1. The largest absolute Gasteiger partial charge is 0.768 e. The summed E-state index contributed by atoms with van der Waals surface area (Å²) in [5.74, 6) is 1.31. The Hall–Kier alpha value is -1.39. The van der Waals surface area contributed by atoms with E-state index in [0.29, 0.717) is 48.7 Å². The van der Waals surface area contributed by atoms with Crippen molar-refractivity contribution in [1.29, 1.82) is 0 Å². The molecule has 1 unspecified atom stereocenters. The quantitative estimate of drug-likeness (QED) is 0.476. The molecule has 1 heterocycles. The van der Waals surface area contributed by atoms with Crippen LogP contribution in [-0.2, 0) is 48.5 Å². The van der Waals surface area contributed by atoms with Gasteiger partial charge in [-0.3, -0.25) is 4.21 Å². The average Bonchev–Trinajstić information content (AvgIpc) is 3.27. The predicted molar refractivity (Wildman–Crippen MR) is 113 cm³/mol. The van der Waals surface area contributed by atoms with E-state index in [4.69, 9.17) is 23.7 Å². The minimum atomic E-state index is -2.56. The molecule has 0 saturated carbocycles. The first-order valence-corrected chi connectivity index (χ1v) is 11.0. The van der Waals surface area contributed by atoms with E-state index in [1.165, 1.54) is 12.1 Å². The second-order valence-corrected chi connectivity index (χ2v) is 8.01. The summed E-state index contributed by atoms with van der Waals surface area (Å²) < 4.78 is 51.3. The predicted octanol–water partition coefficient (Wildman–Crippen LogP) is 4.04. The van der Waals surface area contributed by atoms with E-state index in [9.17, 15) is 13.9 Å². The zero-order valence-corrected chi connectivity index (χ0v) is 22.2. The van der Waals surface area contributed by atoms with Gasteiger partial charge in [0.2, 0.25) is 5.75 Å². The van der Waals surface area contributed by atoms with Crippen molar-refractivity contribution in [3.8, 4) is 28.7 Å². The van der Waals surface area contributed by atoms with Crippen LogP contribution >= 0.6 is 0 Å². The van der Waals surface area contributed by atoms with E-state index in [1.807, 2.05) is 19.1 Å². The molecule has 2 aromatic rings. The summed E-state index contributed by atoms with van der Waals surface area (Å²) in [6, 6.07) is 6.68. The van der Waals surface area contributed by atoms with Crippen LogP contribution in [0.25, 0.3) is 0 Å². The second-order valence-electron chi connectivity index (χ2n) is 7.10. The molecule has 3 rings (SSSR count). The van der Waals surface area contributed by atoms with Crippen LogP contribution in [0.3, 0.4) is 0 Å². The molecule has 1 N–H and O–H groups in total. The first-order valence-electron chi connectivity index (χ1n) is 9.97. The SMILES string of the molecule is CCCOc1c(O)cc([C@@H]2CC[C@@H](c3cc(OC)c(OC)c(OC)c3)O2)cc1S(=O)[O-].[Y]. The fourth-order valence-electron chi connectivity index (χ4n) is 3.68. The van der Waals surface area contributed by atoms with Crippen LogP contribution in [0.5, 0.6) is 28.7 Å². The second kappa shape index (κ2) is 12.2. The number of rotatable bonds is 9. The Labute approximate surface area is 215 Å². The number of ether oxygens (including phenoxy) is 5. The summed E-state index contributed by atoms with van der Waals surface area (Å²) in [4.78, 5) is -0.0803. The summed E-state index contributed by atoms with van der Waals surface area (Å²) in [6.07, 6.45) is 1.42. The molecule has 8 nitrogen and oxygen atoms in total. The van der Waals surface area contributed by atoms with Crippen molar-refractivity contribution in [2.75, 3.05) is 27.9 Å². The minimum Gasteiger partial charge on any atom is -0.768 e. The zero-order valence-electron chi connectivity index (χ0n) is 18.6. The number of aromatic hydroxyl groups is 1. The van der Waals surface area contributed by atoms with E-state index >= 15 is 0 Å². The average molecular weight is 540 g/mol. The Morgan fingerprint density at radius 3 is 2.03 bits per heavy atom. The standard InChI is InChI=1S/C22H28O8S.Y/c1-5-8-29-21-15(23)9-13(12-20(21)31(24)25)16-6-7-17(30-16)14-10-18(26-2)22(28-4)19(11-14)27-3;/h9-12,16-17,23H,5-8H2,1-4H3,(H,24,25);/p-1/t16-,17-;/m0./s1. The van der Waals surface area contributed by atoms with Gasteiger partial charge in [0.05, 0.1) is 45.0 Å². The summed E-state index contributed by atoms with van der Waals surface area (Å²) >= 11 is -2.56. The fraction of sp³-hybridized carbons (Fsp3) is 0.455. The van der Waals surface area contributed by atoms with Crippen LogP contribution in [0.1, 0.15) is 49.5 Å². The molecule has 3 atom stereocenters. The van der Waals surface area contributed by atoms with E-state index in [-0.39, 0.29) is 61.3 Å². The van der Waals surface area contributed by atoms with Crippen molar-refractivity contribution < 1.29 is 70.3 Å². The molecule has 0 aromatic heterocycles. The Bertz CT molecular complexity index is 927. The van der Waals surface area contributed by atoms with Crippen molar-refractivity contribution in [2.45, 2.75) is 43.3 Å². The molecule has 0 spiro atoms. The maximum atomic E-state index is 11.7. The molecule has 0 bridgehead atoms. The van der Waals surface area contributed by atoms with E-state index in [0.717, 1.165) is 5.56 Å². The zero-order chi connectivity index (χ0) is 22.5. The molecule has 10 heteroatoms. The molecule has 1 aliphatic rings. The maximum Gasteiger partial charge on any atom is 0.203 e. The van der Waals surface area contributed by atoms with Crippen LogP contribution in [0, 0.1) is 0 Å². The van der Waals surface area contributed by atoms with Gasteiger partial charge in [-0.1, -0.05) is 6.92 Å². The van der Waals surface area contributed by atoms with Gasteiger partial charge in [-0.25, -0.2) is 0 Å². The normalized spacial score (nSPS) is 18.5. The Balaban J connectivity index is 0.00000363. The van der Waals surface area contributed by atoms with Gasteiger partial charge in [-0.2, -0.15) is 0 Å². The third-order valence-electron chi connectivity index (χ3n) is 5.14. The van der Waals surface area contributed by atoms with Crippen LogP contribution < -0.4 is 18.9 Å². The number of phenols is 1. The molecule has 1 aliphatic heterocycles. The first kappa shape index (κ1) is 26.9. The summed E-state index contributed by atoms with van der Waals surface area (Å²) in [5.41, 5.74) is 1.44. The summed E-state index contributed by atoms with van der Waals surface area (Å²) in [5, 5.41) is 10.4. The van der Waals surface area contributed by atoms with Crippen LogP contribution in [0.15, 0.2) is 29.2 Å². The molecule has 1 fully saturated rings. The molecule has 173 valence electrons. The van der Waals surface area contributed by atoms with Gasteiger partial charge < -0.3 is 33.3 Å². The first-order chi connectivity index (χ1) is 14.9. The molecular weight excluding hydrogens is 513 g/mol. The van der Waals surface area contributed by atoms with Gasteiger partial charge in [0.25, 0.3) is 0 Å². The van der Waals surface area contributed by atoms with Gasteiger partial charge in [0.1, 0.15) is 0 Å². The van der Waals surface area contributed by atoms with Crippen molar-refractivity contribution in [2.24, 2.45) is 0 Å². The smallest absolute Gasteiger partial charge is 0.203 e. The molecule has 32 heavy (non-hydrogen) atoms. The Morgan fingerprint density at radius 1 is 1.00 bits per heavy atom. The minimum absolute atomic E-state index is 0. The molecule has 0 aliphatic carbocycles. The molecule has 2 aromatic carbocycles. The summed E-state index contributed by atoms with van der Waals surface area (Å²) in [7, 11) is 4.64. The van der Waals surface area contributed by atoms with Crippen LogP contribution in [-0.4, -0.2) is 41.8 Å². The van der Waals surface area contributed by atoms with Gasteiger partial charge in [0, 0.05) is 32.7 Å². The van der Waals surface area contributed by atoms with Crippen molar-refractivity contribution in [3.05, 3.63) is 35.4 Å². The van der Waals surface area contributed by atoms with Gasteiger partial charge in [-0.05, 0) is 65.7 Å². The molecule has 0 amide bonds. The number of methoxy groups -OCH3 is 3. The molecule has 1 saturated heterocycles. The van der Waals surface area contributed by atoms with Gasteiger partial charge >= 0.3 is 0 Å². The van der Waals surface area contributed by atoms with Crippen LogP contribution in [0.2, 0.25) is 0 Å². The van der Waals surface area contributed by atoms with Crippen molar-refractivity contribution >= 4 is 11.1 Å². The Kier molecular flexibility index (Phi) is 10.2. The fourth-order valence-corrected chi connectivity index (χ4v) is 4.23. The van der Waals surface area contributed by atoms with Crippen molar-refractivity contribution in [1.82, 2.24) is 0 Å². The van der Waals surface area contributed by atoms with Gasteiger partial charge in [-0.15, -0.1) is 0 Å². The van der Waals surface area contributed by atoms with E-state index < -0.39 is 11.1 Å². The number of benzene rings is 2. The van der Waals surface area contributed by atoms with E-state index in [2.05, 4.69) is 0 Å². The number of hydrogen-bond donors (Lipinski definition) is 1. The third kappa shape index (κ3) is 5.75. The monoisotopic (exact) mass is 540 g/mol.